The molecule has 4 aliphatic heterocycles. The van der Waals surface area contributed by atoms with Gasteiger partial charge < -0.3 is 50.3 Å². The van der Waals surface area contributed by atoms with E-state index in [0.717, 1.165) is 21.8 Å². The zero-order valence-corrected chi connectivity index (χ0v) is 58.7. The number of carbonyl (C=O) groups is 4. The molecule has 0 saturated carbocycles. The normalized spacial score (nSPS) is 16.4. The van der Waals surface area contributed by atoms with Gasteiger partial charge in [-0.2, -0.15) is 13.2 Å². The first kappa shape index (κ1) is 80.1. The van der Waals surface area contributed by atoms with Gasteiger partial charge >= 0.3 is 12.1 Å². The van der Waals surface area contributed by atoms with Crippen LogP contribution in [0.5, 0.6) is 0 Å². The maximum atomic E-state index is 13.4. The Morgan fingerprint density at radius 1 is 0.482 bits per heavy atom. The van der Waals surface area contributed by atoms with Crippen molar-refractivity contribution in [3.05, 3.63) is 198 Å². The van der Waals surface area contributed by atoms with Gasteiger partial charge in [-0.05, 0) is 84.9 Å². The fourth-order valence-corrected chi connectivity index (χ4v) is 12.4. The maximum absolute atomic E-state index is 13.4. The number of halogens is 11. The van der Waals surface area contributed by atoms with Crippen LogP contribution in [0.4, 0.5) is 54.1 Å². The van der Waals surface area contributed by atoms with Gasteiger partial charge in [-0.3, -0.25) is 49.5 Å². The number of oxime groups is 1. The lowest BCUT2D eigenvalue weighted by atomic mass is 10.1. The summed E-state index contributed by atoms with van der Waals surface area (Å²) in [6.45, 7) is 7.26. The minimum absolute atomic E-state index is 0. The number of fused-ring (bicyclic) bond motifs is 4. The number of hydrogen-bond acceptors (Lipinski definition) is 18. The van der Waals surface area contributed by atoms with Gasteiger partial charge in [-0.15, -0.1) is 15.2 Å². The van der Waals surface area contributed by atoms with E-state index in [9.17, 15) is 67.5 Å². The molecule has 0 bridgehead atoms. The predicted molar refractivity (Wildman–Crippen MR) is 382 cm³/mol. The van der Waals surface area contributed by atoms with Crippen molar-refractivity contribution in [1.82, 2.24) is 83.4 Å². The summed E-state index contributed by atoms with van der Waals surface area (Å²) in [6.07, 6.45) is 10.1. The van der Waals surface area contributed by atoms with Gasteiger partial charge in [0.2, 0.25) is 0 Å². The molecule has 16 rings (SSSR count). The number of hydrogen-bond donors (Lipinski definition) is 5. The molecule has 12 aromatic rings. The van der Waals surface area contributed by atoms with Gasteiger partial charge in [0.05, 0.1) is 51.7 Å². The number of nitrogens with zero attached hydrogens (tertiary/aromatic N) is 18. The van der Waals surface area contributed by atoms with Crippen LogP contribution in [0.25, 0.3) is 77.6 Å². The second-order valence-electron chi connectivity index (χ2n) is 25.9. The quantitative estimate of drug-likeness (QED) is 0.0170. The Bertz CT molecular complexity index is 5410. The van der Waals surface area contributed by atoms with E-state index in [0.29, 0.717) is 73.1 Å². The van der Waals surface area contributed by atoms with Crippen LogP contribution >= 0.6 is 0 Å². The van der Waals surface area contributed by atoms with E-state index in [-0.39, 0.29) is 150 Å². The first-order valence-electron chi connectivity index (χ1n) is 34.0. The molecule has 0 aromatic carbocycles. The number of amidine groups is 1. The number of amides is 4. The van der Waals surface area contributed by atoms with E-state index in [1.165, 1.54) is 56.7 Å². The molecule has 12 aromatic heterocycles. The fraction of sp³-hybridized carbons (Fsp3) is 0.292. The van der Waals surface area contributed by atoms with E-state index >= 15 is 0 Å². The number of hydrazine groups is 1. The summed E-state index contributed by atoms with van der Waals surface area (Å²) >= 11 is 0. The first-order valence-corrected chi connectivity index (χ1v) is 34.0. The number of aromatic nitrogens is 13. The topological polar surface area (TPSA) is 387 Å². The lowest BCUT2D eigenvalue weighted by Gasteiger charge is -2.31. The lowest BCUT2D eigenvalue weighted by molar-refractivity contribution is -0.157. The summed E-state index contributed by atoms with van der Waals surface area (Å²) in [6, 6.07) is 23.7. The molecule has 40 heteroatoms. The number of piperidine rings is 4. The molecule has 4 saturated heterocycles. The van der Waals surface area contributed by atoms with E-state index in [1.807, 2.05) is 22.9 Å². The Morgan fingerprint density at radius 3 is 1.18 bits per heavy atom. The van der Waals surface area contributed by atoms with Gasteiger partial charge in [-0.1, -0.05) is 11.7 Å². The van der Waals surface area contributed by atoms with Gasteiger partial charge in [0.1, 0.15) is 40.2 Å². The minimum Gasteiger partial charge on any atom is -0.412 e. The van der Waals surface area contributed by atoms with Crippen molar-refractivity contribution < 1.29 is 82.6 Å². The molecule has 0 aliphatic carbocycles. The minimum atomic E-state index is -4.75. The molecular formula is C72H67F11N22O7. The third-order valence-electron chi connectivity index (χ3n) is 18.5. The van der Waals surface area contributed by atoms with Crippen molar-refractivity contribution in [2.75, 3.05) is 52.4 Å². The number of nitrogens with two attached hydrogens (primary N) is 3. The average Bonchev–Trinajstić information content (AvgIpc) is 1.61. The molecule has 4 aliphatic rings. The standard InChI is InChI=1S/C21H15F5N6O2.C19H18F2N6O2.C19H15F2N5O.C13H13F2N3O.H4N2.H2O/c22-20(23)4-7-31(8-5-20)18(33)13-9-12-3-6-32(16(12)28-10-13)14-1-2-15(27-11-14)17-29-30-19(34-17)21(24,25)26;20-19(21)4-7-26(8-5-19)18(28)13-9-12-3-6-27(17(12)24-10-13)14-1-2-15(23-11-14)16(22)25-29;1-22-16-3-2-15(12-23-16)26-7-4-13-10-14(11-24-17(13)26)18(27)25-8-5-19(20,21)6-9-25;14-13(15)2-5-18(6-3-13)12(19)10-7-9-1-4-16-11(9)17-8-10;1-2;/h1-3,6,9-11H,4-5,7-8H2;1-3,6,9-11,29H,4-5,7-8H2,(H2,22,25);2-4,7,10-12H,5-6,8-9H2;1,4,7-8H,2-3,5-6H2,(H,16,17);1-2H2;1H2. The highest BCUT2D eigenvalue weighted by Gasteiger charge is 2.41. The molecule has 4 amide bonds. The van der Waals surface area contributed by atoms with E-state index < -0.39 is 35.8 Å². The molecule has 10 N–H and O–H groups in total. The highest BCUT2D eigenvalue weighted by atomic mass is 19.4. The third kappa shape index (κ3) is 18.3. The number of alkyl halides is 11. The van der Waals surface area contributed by atoms with Crippen molar-refractivity contribution in [2.45, 2.75) is 81.2 Å². The van der Waals surface area contributed by atoms with Crippen LogP contribution in [0.15, 0.2) is 163 Å². The van der Waals surface area contributed by atoms with Gasteiger partial charge in [0.25, 0.3) is 59.0 Å². The molecule has 0 radical (unpaired) electrons. The number of rotatable bonds is 9. The second kappa shape index (κ2) is 33.1. The largest absolute Gasteiger partial charge is 0.470 e. The Hall–Kier alpha value is -12.9. The van der Waals surface area contributed by atoms with Crippen molar-refractivity contribution in [1.29, 1.82) is 0 Å². The van der Waals surface area contributed by atoms with Crippen LogP contribution in [-0.4, -0.2) is 200 Å². The van der Waals surface area contributed by atoms with Crippen LogP contribution in [0.1, 0.15) is 104 Å². The zero-order chi connectivity index (χ0) is 79.2. The summed E-state index contributed by atoms with van der Waals surface area (Å²) in [5, 5.41) is 20.9. The Balaban J connectivity index is 0.000000148. The van der Waals surface area contributed by atoms with Gasteiger partial charge in [-0.25, -0.2) is 60.0 Å². The van der Waals surface area contributed by atoms with Crippen molar-refractivity contribution in [2.24, 2.45) is 22.6 Å². The number of carbonyl (C=O) groups excluding carboxylic acids is 4. The summed E-state index contributed by atoms with van der Waals surface area (Å²) in [7, 11) is 0. The zero-order valence-electron chi connectivity index (χ0n) is 58.7. The molecule has 0 atom stereocenters. The highest BCUT2D eigenvalue weighted by Crippen LogP contribution is 2.35. The molecule has 4 fully saturated rings. The third-order valence-corrected chi connectivity index (χ3v) is 18.5. The van der Waals surface area contributed by atoms with Crippen molar-refractivity contribution in [3.8, 4) is 28.6 Å². The first-order chi connectivity index (χ1) is 53.0. The highest BCUT2D eigenvalue weighted by molar-refractivity contribution is 6.00. The van der Waals surface area contributed by atoms with Gasteiger partial charge in [0.15, 0.2) is 5.84 Å². The number of pyridine rings is 7. The SMILES string of the molecule is N/C(=N\O)c1ccc(-n2ccc3cc(C(=O)N4CCC(F)(F)CC4)cnc32)cn1.NN.O.O=C(c1cnc2[nH]ccc2c1)N1CCC(F)(F)CC1.O=C(c1cnc2c(ccn2-c2ccc(-c3nnc(C(F)(F)F)o3)nc2)c1)N1CCC(F)(F)CC1.[C-]#[N+]c1ccc(-n2ccc3cc(C(=O)N4CCC(F)(F)CC4)cnc32)cn1. The number of aromatic amines is 1. The molecule has 0 unspecified atom stereocenters. The molecular weight excluding hydrogens is 1490 g/mol. The predicted octanol–water partition coefficient (Wildman–Crippen LogP) is 11.0. The summed E-state index contributed by atoms with van der Waals surface area (Å²) in [4.78, 5) is 91.6. The number of likely N-dealkylation sites (tertiary alicyclic amines) is 4. The maximum Gasteiger partial charge on any atom is 0.470 e. The second-order valence-corrected chi connectivity index (χ2v) is 25.9. The van der Waals surface area contributed by atoms with Crippen LogP contribution in [0.2, 0.25) is 0 Å². The van der Waals surface area contributed by atoms with Gasteiger partial charge in [0, 0.05) is 175 Å². The Labute approximate surface area is 626 Å². The van der Waals surface area contributed by atoms with Crippen LogP contribution < -0.4 is 17.4 Å². The molecule has 16 heterocycles. The lowest BCUT2D eigenvalue weighted by Crippen LogP contribution is -2.42. The summed E-state index contributed by atoms with van der Waals surface area (Å²) in [5.41, 5.74) is 11.9. The van der Waals surface area contributed by atoms with Crippen LogP contribution in [0, 0.1) is 6.57 Å². The van der Waals surface area contributed by atoms with Crippen molar-refractivity contribution in [3.63, 3.8) is 0 Å². The number of H-pyrrole nitrogens is 1. The van der Waals surface area contributed by atoms with Crippen LogP contribution in [0.3, 0.4) is 0 Å². The van der Waals surface area contributed by atoms with Crippen LogP contribution in [-0.2, 0) is 6.18 Å². The fourth-order valence-electron chi connectivity index (χ4n) is 12.4. The Kier molecular flexibility index (Phi) is 23.7. The Morgan fingerprint density at radius 2 is 0.848 bits per heavy atom. The summed E-state index contributed by atoms with van der Waals surface area (Å²) in [5.74, 6) is -5.56. The monoisotopic (exact) mass is 1560 g/mol. The summed E-state index contributed by atoms with van der Waals surface area (Å²) < 4.78 is 154. The average molecular weight is 1560 g/mol. The number of nitrogens with one attached hydrogen (secondary N) is 1. The van der Waals surface area contributed by atoms with E-state index in [2.05, 4.69) is 76.2 Å². The molecule has 112 heavy (non-hydrogen) atoms. The smallest absolute Gasteiger partial charge is 0.412 e. The van der Waals surface area contributed by atoms with E-state index in [1.54, 1.807) is 107 Å². The van der Waals surface area contributed by atoms with Crippen molar-refractivity contribution >= 4 is 79.4 Å². The van der Waals surface area contributed by atoms with E-state index in [4.69, 9.17) is 17.5 Å². The molecule has 29 nitrogen and oxygen atoms in total. The molecule has 0 spiro atoms. The molecule has 584 valence electrons.